The summed E-state index contributed by atoms with van der Waals surface area (Å²) in [5.41, 5.74) is 1.72. The predicted molar refractivity (Wildman–Crippen MR) is 242 cm³/mol. The Labute approximate surface area is 362 Å². The number of benzene rings is 4. The second-order valence-corrected chi connectivity index (χ2v) is 21.8. The first-order valence-corrected chi connectivity index (χ1v) is 23.9. The fraction of sp³-hybridized carbons (Fsp3) is 0.420. The van der Waals surface area contributed by atoms with E-state index < -0.39 is 50.4 Å². The maximum Gasteiger partial charge on any atom is 0.262 e. The summed E-state index contributed by atoms with van der Waals surface area (Å²) in [5.74, 6) is -1.58. The van der Waals surface area contributed by atoms with Crippen LogP contribution >= 0.6 is 0 Å². The topological polar surface area (TPSA) is 134 Å². The molecule has 0 aromatic heterocycles. The Balaban J connectivity index is 1.15. The molecule has 4 aromatic carbocycles. The van der Waals surface area contributed by atoms with Crippen molar-refractivity contribution < 1.29 is 28.4 Å². The summed E-state index contributed by atoms with van der Waals surface area (Å²) in [5, 5.41) is 10.9. The zero-order chi connectivity index (χ0) is 43.4. The summed E-state index contributed by atoms with van der Waals surface area (Å²) in [6, 6.07) is 35.8. The van der Waals surface area contributed by atoms with Gasteiger partial charge in [0.1, 0.15) is 30.3 Å². The van der Waals surface area contributed by atoms with E-state index in [9.17, 15) is 24.0 Å². The monoisotopic (exact) mass is 842 g/mol. The first-order valence-electron chi connectivity index (χ1n) is 22.0. The zero-order valence-electron chi connectivity index (χ0n) is 36.1. The molecular formula is C50H62N4O6Si. The quantitative estimate of drug-likeness (QED) is 0.102. The first kappa shape index (κ1) is 45.1. The highest BCUT2D eigenvalue weighted by molar-refractivity contribution is 6.99. The number of amides is 4. The largest absolute Gasteiger partial charge is 0.398 e. The number of nitrogens with one attached hydrogen (secondary N) is 3. The Hall–Kier alpha value is -5.39. The fourth-order valence-corrected chi connectivity index (χ4v) is 13.6. The van der Waals surface area contributed by atoms with Crippen LogP contribution in [0, 0.1) is 0 Å². The van der Waals surface area contributed by atoms with Crippen molar-refractivity contribution in [3.63, 3.8) is 0 Å². The molecule has 5 atom stereocenters. The normalized spacial score (nSPS) is 20.9. The lowest BCUT2D eigenvalue weighted by Crippen LogP contribution is -2.68. The van der Waals surface area contributed by atoms with Crippen LogP contribution in [0.4, 0.5) is 0 Å². The number of ketones is 1. The molecule has 4 amide bonds. The molecule has 2 aliphatic heterocycles. The summed E-state index contributed by atoms with van der Waals surface area (Å²) in [6.45, 7) is 8.82. The zero-order valence-corrected chi connectivity index (χ0v) is 37.1. The number of fused-ring (bicyclic) bond motifs is 1. The molecular weight excluding hydrogens is 781 g/mol. The lowest BCUT2D eigenvalue weighted by atomic mass is 9.96. The van der Waals surface area contributed by atoms with Gasteiger partial charge in [-0.15, -0.1) is 0 Å². The number of rotatable bonds is 15. The second-order valence-electron chi connectivity index (χ2n) is 17.6. The van der Waals surface area contributed by atoms with Gasteiger partial charge < -0.3 is 25.3 Å². The molecule has 0 saturated carbocycles. The number of carbonyl (C=O) groups is 5. The highest BCUT2D eigenvalue weighted by atomic mass is 28.4. The van der Waals surface area contributed by atoms with Crippen LogP contribution in [-0.2, 0) is 41.2 Å². The van der Waals surface area contributed by atoms with Gasteiger partial charge in [0.15, 0.2) is 5.78 Å². The second kappa shape index (κ2) is 20.9. The lowest BCUT2D eigenvalue weighted by molar-refractivity contribution is -0.146. The van der Waals surface area contributed by atoms with E-state index in [2.05, 4.69) is 61.0 Å². The van der Waals surface area contributed by atoms with Crippen molar-refractivity contribution in [2.45, 2.75) is 127 Å². The van der Waals surface area contributed by atoms with Crippen molar-refractivity contribution in [2.24, 2.45) is 0 Å². The highest BCUT2D eigenvalue weighted by Crippen LogP contribution is 2.37. The van der Waals surface area contributed by atoms with Gasteiger partial charge in [-0.1, -0.05) is 155 Å². The molecule has 0 bridgehead atoms. The maximum absolute atomic E-state index is 14.3. The smallest absolute Gasteiger partial charge is 0.262 e. The Morgan fingerprint density at radius 1 is 0.656 bits per heavy atom. The minimum atomic E-state index is -2.92. The molecule has 0 spiro atoms. The number of nitrogens with zero attached hydrogens (tertiary/aromatic N) is 1. The molecule has 2 aliphatic rings. The van der Waals surface area contributed by atoms with Crippen molar-refractivity contribution >= 4 is 48.1 Å². The molecule has 0 unspecified atom stereocenters. The minimum absolute atomic E-state index is 0.0208. The van der Waals surface area contributed by atoms with Crippen LogP contribution in [0.15, 0.2) is 121 Å². The van der Waals surface area contributed by atoms with Gasteiger partial charge in [-0.3, -0.25) is 24.0 Å². The summed E-state index contributed by atoms with van der Waals surface area (Å²) >= 11 is 0. The molecule has 61 heavy (non-hydrogen) atoms. The van der Waals surface area contributed by atoms with E-state index in [0.29, 0.717) is 45.1 Å². The van der Waals surface area contributed by atoms with Gasteiger partial charge in [0.25, 0.3) is 8.32 Å². The number of unbranched alkanes of at least 4 members (excludes halogenated alkanes) is 2. The standard InChI is InChI=1S/C50H62N4O6Si/c1-36(60-61(50(2,3)4,39-26-14-7-15-27-39)40-28-16-8-17-29-40)45(55)32-19-9-18-30-41-46(56)52-42(34-37-22-10-5-11-23-37)47(57)53-43(35-38-24-12-6-13-25-38)49(59)54-33-21-20-31-44(54)48(58)51-41/h5-8,10-17,22-29,36,41-44H,9,18-21,30-35H2,1-4H3,(H,51,58)(H,52,56)(H,53,57)/t36-,41-,42-,43-,44+/m0/s1. The average Bonchev–Trinajstić information content (AvgIpc) is 3.27. The van der Waals surface area contributed by atoms with Crippen LogP contribution in [0.5, 0.6) is 0 Å². The number of Topliss-reactive ketones (excluding diaryl/α,β-unsaturated/α-hetero) is 1. The molecule has 4 aromatic rings. The molecule has 6 rings (SSSR count). The molecule has 0 aliphatic carbocycles. The number of carbonyl (C=O) groups excluding carboxylic acids is 5. The van der Waals surface area contributed by atoms with Crippen LogP contribution in [0.25, 0.3) is 0 Å². The Kier molecular flexibility index (Phi) is 15.5. The van der Waals surface area contributed by atoms with E-state index >= 15 is 0 Å². The van der Waals surface area contributed by atoms with E-state index in [1.807, 2.05) is 104 Å². The Morgan fingerprint density at radius 2 is 1.15 bits per heavy atom. The summed E-state index contributed by atoms with van der Waals surface area (Å²) in [7, 11) is -2.92. The van der Waals surface area contributed by atoms with E-state index in [1.54, 1.807) is 4.90 Å². The summed E-state index contributed by atoms with van der Waals surface area (Å²) in [6.07, 6.45) is 4.17. The van der Waals surface area contributed by atoms with Gasteiger partial charge in [0, 0.05) is 25.8 Å². The van der Waals surface area contributed by atoms with Crippen molar-refractivity contribution in [3.8, 4) is 0 Å². The molecule has 11 heteroatoms. The molecule has 322 valence electrons. The van der Waals surface area contributed by atoms with Gasteiger partial charge in [-0.25, -0.2) is 0 Å². The van der Waals surface area contributed by atoms with Gasteiger partial charge in [-0.2, -0.15) is 0 Å². The minimum Gasteiger partial charge on any atom is -0.398 e. The van der Waals surface area contributed by atoms with E-state index in [-0.39, 0.29) is 35.5 Å². The van der Waals surface area contributed by atoms with Crippen molar-refractivity contribution in [1.29, 1.82) is 0 Å². The van der Waals surface area contributed by atoms with Gasteiger partial charge in [0.2, 0.25) is 23.6 Å². The lowest BCUT2D eigenvalue weighted by Gasteiger charge is -2.44. The maximum atomic E-state index is 14.3. The van der Waals surface area contributed by atoms with Crippen LogP contribution in [-0.4, -0.2) is 79.4 Å². The van der Waals surface area contributed by atoms with Crippen LogP contribution in [0.3, 0.4) is 0 Å². The number of hydrogen-bond acceptors (Lipinski definition) is 6. The third-order valence-electron chi connectivity index (χ3n) is 12.2. The third kappa shape index (κ3) is 11.3. The van der Waals surface area contributed by atoms with Crippen LogP contribution in [0.2, 0.25) is 5.04 Å². The molecule has 2 heterocycles. The average molecular weight is 843 g/mol. The van der Waals surface area contributed by atoms with Gasteiger partial charge >= 0.3 is 0 Å². The van der Waals surface area contributed by atoms with Crippen molar-refractivity contribution in [1.82, 2.24) is 20.9 Å². The summed E-state index contributed by atoms with van der Waals surface area (Å²) < 4.78 is 7.06. The van der Waals surface area contributed by atoms with Crippen molar-refractivity contribution in [2.75, 3.05) is 6.54 Å². The third-order valence-corrected chi connectivity index (χ3v) is 17.3. The number of piperidine rings is 1. The van der Waals surface area contributed by atoms with E-state index in [0.717, 1.165) is 34.3 Å². The molecule has 2 fully saturated rings. The molecule has 0 radical (unpaired) electrons. The SMILES string of the molecule is C[C@H](O[Si](c1ccccc1)(c1ccccc1)C(C)(C)C)C(=O)CCCCC[C@@H]1NC(=O)[C@H]2CCCCN2C(=O)[C@H](Cc2ccccc2)NC(=O)[C@H](Cc2ccccc2)NC1=O. The predicted octanol–water partition coefficient (Wildman–Crippen LogP) is 5.81. The van der Waals surface area contributed by atoms with E-state index in [4.69, 9.17) is 4.43 Å². The van der Waals surface area contributed by atoms with Crippen molar-refractivity contribution in [3.05, 3.63) is 132 Å². The summed E-state index contributed by atoms with van der Waals surface area (Å²) in [4.78, 5) is 72.1. The highest BCUT2D eigenvalue weighted by Gasteiger charge is 2.51. The molecule has 10 nitrogen and oxygen atoms in total. The fourth-order valence-electron chi connectivity index (χ4n) is 8.91. The molecule has 2 saturated heterocycles. The Morgan fingerprint density at radius 3 is 1.70 bits per heavy atom. The van der Waals surface area contributed by atoms with Crippen LogP contribution < -0.4 is 26.3 Å². The van der Waals surface area contributed by atoms with Crippen LogP contribution in [0.1, 0.15) is 90.2 Å². The first-order chi connectivity index (χ1) is 29.4. The number of hydrogen-bond donors (Lipinski definition) is 3. The van der Waals surface area contributed by atoms with Gasteiger partial charge in [0.05, 0.1) is 0 Å². The van der Waals surface area contributed by atoms with Gasteiger partial charge in [-0.05, 0) is 65.6 Å². The Bertz CT molecular complexity index is 2040. The molecule has 3 N–H and O–H groups in total. The van der Waals surface area contributed by atoms with E-state index in [1.165, 1.54) is 0 Å².